The molecule has 130 valence electrons. The van der Waals surface area contributed by atoms with Crippen LogP contribution in [0.3, 0.4) is 0 Å². The van der Waals surface area contributed by atoms with Crippen molar-refractivity contribution in [3.63, 3.8) is 0 Å². The average Bonchev–Trinajstić information content (AvgIpc) is 2.57. The Morgan fingerprint density at radius 2 is 1.83 bits per heavy atom. The molecule has 24 heavy (non-hydrogen) atoms. The van der Waals surface area contributed by atoms with E-state index in [4.69, 9.17) is 4.74 Å². The summed E-state index contributed by atoms with van der Waals surface area (Å²) < 4.78 is 5.34. The number of rotatable bonds is 8. The van der Waals surface area contributed by atoms with Crippen LogP contribution in [0.2, 0.25) is 0 Å². The second kappa shape index (κ2) is 9.25. The summed E-state index contributed by atoms with van der Waals surface area (Å²) in [6.07, 6.45) is -0.702. The molecule has 2 rings (SSSR count). The van der Waals surface area contributed by atoms with Gasteiger partial charge in [0, 0.05) is 19.7 Å². The van der Waals surface area contributed by atoms with Crippen molar-refractivity contribution in [1.82, 2.24) is 10.6 Å². The largest absolute Gasteiger partial charge is 0.389 e. The van der Waals surface area contributed by atoms with Crippen LogP contribution in [0.4, 0.5) is 4.79 Å². The lowest BCUT2D eigenvalue weighted by atomic mass is 10.0. The van der Waals surface area contributed by atoms with Crippen molar-refractivity contribution in [3.8, 4) is 0 Å². The molecule has 5 heteroatoms. The van der Waals surface area contributed by atoms with Crippen LogP contribution in [0.1, 0.15) is 19.4 Å². The highest BCUT2D eigenvalue weighted by molar-refractivity contribution is 5.86. The van der Waals surface area contributed by atoms with Crippen molar-refractivity contribution in [2.24, 2.45) is 5.92 Å². The zero-order chi connectivity index (χ0) is 17.4. The van der Waals surface area contributed by atoms with E-state index in [0.717, 1.165) is 16.3 Å². The maximum Gasteiger partial charge on any atom is 0.315 e. The van der Waals surface area contributed by atoms with Crippen LogP contribution in [-0.2, 0) is 11.3 Å². The normalized spacial score (nSPS) is 12.3. The predicted octanol–water partition coefficient (Wildman–Crippen LogP) is 2.67. The molecule has 2 aromatic rings. The smallest absolute Gasteiger partial charge is 0.315 e. The van der Waals surface area contributed by atoms with Crippen LogP contribution in [0.5, 0.6) is 0 Å². The Balaban J connectivity index is 1.75. The predicted molar refractivity (Wildman–Crippen MR) is 95.9 cm³/mol. The Labute approximate surface area is 143 Å². The number of aliphatic hydroxyl groups is 1. The lowest BCUT2D eigenvalue weighted by Crippen LogP contribution is -2.40. The second-order valence-corrected chi connectivity index (χ2v) is 6.29. The number of carbonyl (C=O) groups excluding carboxylic acids is 1. The average molecular weight is 330 g/mol. The van der Waals surface area contributed by atoms with E-state index in [1.54, 1.807) is 0 Å². The molecule has 2 amide bonds. The van der Waals surface area contributed by atoms with Crippen molar-refractivity contribution < 1.29 is 14.6 Å². The fraction of sp³-hybridized carbons (Fsp3) is 0.421. The van der Waals surface area contributed by atoms with Crippen LogP contribution in [0.25, 0.3) is 10.8 Å². The summed E-state index contributed by atoms with van der Waals surface area (Å²) in [5, 5.41) is 17.5. The second-order valence-electron chi connectivity index (χ2n) is 6.29. The van der Waals surface area contributed by atoms with E-state index in [2.05, 4.69) is 10.6 Å². The molecule has 0 fully saturated rings. The van der Waals surface area contributed by atoms with Gasteiger partial charge in [-0.3, -0.25) is 0 Å². The Morgan fingerprint density at radius 3 is 2.62 bits per heavy atom. The number of ether oxygens (including phenoxy) is 1. The molecular formula is C19H26N2O3. The standard InChI is InChI=1S/C19H26N2O3/c1-14(2)12-24-13-17(22)11-21-19(23)20-10-16-8-5-7-15-6-3-4-9-18(15)16/h3-9,14,17,22H,10-13H2,1-2H3,(H2,20,21,23). The van der Waals surface area contributed by atoms with E-state index >= 15 is 0 Å². The summed E-state index contributed by atoms with van der Waals surface area (Å²) in [4.78, 5) is 11.9. The van der Waals surface area contributed by atoms with E-state index in [1.165, 1.54) is 0 Å². The molecule has 0 aliphatic heterocycles. The molecule has 1 atom stereocenters. The molecule has 0 aliphatic rings. The lowest BCUT2D eigenvalue weighted by molar-refractivity contribution is 0.0272. The number of benzene rings is 2. The minimum absolute atomic E-state index is 0.166. The SMILES string of the molecule is CC(C)COCC(O)CNC(=O)NCc1cccc2ccccc12. The number of urea groups is 1. The van der Waals surface area contributed by atoms with Gasteiger partial charge < -0.3 is 20.5 Å². The van der Waals surface area contributed by atoms with Crippen LogP contribution in [-0.4, -0.2) is 37.0 Å². The summed E-state index contributed by atoms with van der Waals surface area (Å²) in [5.74, 6) is 0.425. The molecule has 0 radical (unpaired) electrons. The number of amides is 2. The van der Waals surface area contributed by atoms with Crippen molar-refractivity contribution in [3.05, 3.63) is 48.0 Å². The topological polar surface area (TPSA) is 70.6 Å². The Hall–Kier alpha value is -2.11. The summed E-state index contributed by atoms with van der Waals surface area (Å²) in [5.41, 5.74) is 1.06. The summed E-state index contributed by atoms with van der Waals surface area (Å²) in [7, 11) is 0. The van der Waals surface area contributed by atoms with E-state index in [-0.39, 0.29) is 19.2 Å². The molecular weight excluding hydrogens is 304 g/mol. The van der Waals surface area contributed by atoms with Crippen LogP contribution >= 0.6 is 0 Å². The number of hydrogen-bond donors (Lipinski definition) is 3. The number of aliphatic hydroxyl groups excluding tert-OH is 1. The highest BCUT2D eigenvalue weighted by Crippen LogP contribution is 2.18. The fourth-order valence-corrected chi connectivity index (χ4v) is 2.39. The maximum absolute atomic E-state index is 11.9. The zero-order valence-electron chi connectivity index (χ0n) is 14.3. The van der Waals surface area contributed by atoms with Crippen molar-refractivity contribution in [1.29, 1.82) is 0 Å². The highest BCUT2D eigenvalue weighted by Gasteiger charge is 2.08. The van der Waals surface area contributed by atoms with Gasteiger partial charge in [-0.1, -0.05) is 56.3 Å². The van der Waals surface area contributed by atoms with Gasteiger partial charge in [-0.15, -0.1) is 0 Å². The summed E-state index contributed by atoms with van der Waals surface area (Å²) in [6, 6.07) is 13.8. The summed E-state index contributed by atoms with van der Waals surface area (Å²) in [6.45, 7) is 5.52. The molecule has 0 aliphatic carbocycles. The molecule has 0 spiro atoms. The van der Waals surface area contributed by atoms with Gasteiger partial charge >= 0.3 is 6.03 Å². The van der Waals surface area contributed by atoms with Gasteiger partial charge in [0.1, 0.15) is 0 Å². The lowest BCUT2D eigenvalue weighted by Gasteiger charge is -2.14. The van der Waals surface area contributed by atoms with Gasteiger partial charge in [-0.25, -0.2) is 4.79 Å². The quantitative estimate of drug-likeness (QED) is 0.697. The minimum atomic E-state index is -0.702. The first-order chi connectivity index (χ1) is 11.6. The molecule has 3 N–H and O–H groups in total. The molecule has 0 bridgehead atoms. The molecule has 5 nitrogen and oxygen atoms in total. The van der Waals surface area contributed by atoms with Crippen LogP contribution in [0.15, 0.2) is 42.5 Å². The van der Waals surface area contributed by atoms with Gasteiger partial charge in [-0.05, 0) is 22.3 Å². The molecule has 1 unspecified atom stereocenters. The third-order valence-corrected chi connectivity index (χ3v) is 3.58. The first-order valence-corrected chi connectivity index (χ1v) is 8.30. The Bertz CT molecular complexity index is 653. The Morgan fingerprint density at radius 1 is 1.08 bits per heavy atom. The fourth-order valence-electron chi connectivity index (χ4n) is 2.39. The zero-order valence-corrected chi connectivity index (χ0v) is 14.3. The molecule has 2 aromatic carbocycles. The first kappa shape index (κ1) is 18.2. The van der Waals surface area contributed by atoms with Crippen molar-refractivity contribution in [2.75, 3.05) is 19.8 Å². The van der Waals surface area contributed by atoms with Crippen molar-refractivity contribution >= 4 is 16.8 Å². The summed E-state index contributed by atoms with van der Waals surface area (Å²) >= 11 is 0. The maximum atomic E-state index is 11.9. The first-order valence-electron chi connectivity index (χ1n) is 8.30. The Kier molecular flexibility index (Phi) is 7.03. The van der Waals surface area contributed by atoms with Crippen LogP contribution < -0.4 is 10.6 Å². The molecule has 0 saturated carbocycles. The highest BCUT2D eigenvalue weighted by atomic mass is 16.5. The van der Waals surface area contributed by atoms with Gasteiger partial charge in [0.2, 0.25) is 0 Å². The van der Waals surface area contributed by atoms with E-state index in [0.29, 0.717) is 19.1 Å². The molecule has 0 aromatic heterocycles. The number of fused-ring (bicyclic) bond motifs is 1. The van der Waals surface area contributed by atoms with E-state index in [1.807, 2.05) is 56.3 Å². The number of nitrogens with one attached hydrogen (secondary N) is 2. The third kappa shape index (κ3) is 5.83. The van der Waals surface area contributed by atoms with Gasteiger partial charge in [0.25, 0.3) is 0 Å². The monoisotopic (exact) mass is 330 g/mol. The van der Waals surface area contributed by atoms with Gasteiger partial charge in [-0.2, -0.15) is 0 Å². The molecule has 0 saturated heterocycles. The van der Waals surface area contributed by atoms with Crippen LogP contribution in [0, 0.1) is 5.92 Å². The van der Waals surface area contributed by atoms with Crippen molar-refractivity contribution in [2.45, 2.75) is 26.5 Å². The van der Waals surface area contributed by atoms with Gasteiger partial charge in [0.15, 0.2) is 0 Å². The number of hydrogen-bond acceptors (Lipinski definition) is 3. The molecule has 0 heterocycles. The van der Waals surface area contributed by atoms with E-state index in [9.17, 15) is 9.90 Å². The van der Waals surface area contributed by atoms with E-state index < -0.39 is 6.10 Å². The minimum Gasteiger partial charge on any atom is -0.389 e. The van der Waals surface area contributed by atoms with Gasteiger partial charge in [0.05, 0.1) is 12.7 Å². The third-order valence-electron chi connectivity index (χ3n) is 3.58. The number of carbonyl (C=O) groups is 1.